The summed E-state index contributed by atoms with van der Waals surface area (Å²) in [6.45, 7) is 5.68. The summed E-state index contributed by atoms with van der Waals surface area (Å²) in [4.78, 5) is 42.0. The summed E-state index contributed by atoms with van der Waals surface area (Å²) in [7, 11) is 0. The minimum atomic E-state index is -0.440. The number of aromatic nitrogens is 2. The second kappa shape index (κ2) is 7.86. The van der Waals surface area contributed by atoms with Gasteiger partial charge in [-0.25, -0.2) is 4.79 Å². The van der Waals surface area contributed by atoms with Crippen LogP contribution in [0, 0.1) is 11.8 Å². The number of nitrogens with one attached hydrogen (secondary N) is 2. The molecule has 2 atom stereocenters. The monoisotopic (exact) mass is 392 g/mol. The highest BCUT2D eigenvalue weighted by atomic mass is 35.5. The van der Waals surface area contributed by atoms with Gasteiger partial charge in [0, 0.05) is 25.2 Å². The Hall–Kier alpha value is -2.12. The number of halogens is 1. The number of hydrogen-bond donors (Lipinski definition) is 2. The Morgan fingerprint density at radius 3 is 2.44 bits per heavy atom. The van der Waals surface area contributed by atoms with E-state index in [1.165, 1.54) is 0 Å². The topological polar surface area (TPSA) is 87.2 Å². The van der Waals surface area contributed by atoms with Gasteiger partial charge in [0.05, 0.1) is 10.9 Å². The van der Waals surface area contributed by atoms with E-state index in [-0.39, 0.29) is 23.9 Å². The standard InChI is InChI=1S/C19H24N4O3.ClH/c1-2-23-18(25)15-4-3-12(9-16(15)21-19(23)26)17(24)22-7-5-13-10-20-11-14(13)6-8-22;/h3-4,9,13-14,20H,2,5-8,10-11H2,1H3,(H,21,26);1H/t13-,14+;. The molecule has 0 radical (unpaired) electrons. The Balaban J connectivity index is 0.00000210. The summed E-state index contributed by atoms with van der Waals surface area (Å²) in [5.74, 6) is 1.29. The number of H-pyrrole nitrogens is 1. The highest BCUT2D eigenvalue weighted by molar-refractivity contribution is 5.97. The zero-order chi connectivity index (χ0) is 18.3. The smallest absolute Gasteiger partial charge is 0.328 e. The van der Waals surface area contributed by atoms with Gasteiger partial charge in [-0.15, -0.1) is 12.4 Å². The average Bonchev–Trinajstić information content (AvgIpc) is 2.99. The van der Waals surface area contributed by atoms with Crippen molar-refractivity contribution < 1.29 is 4.79 Å². The third-order valence-electron chi connectivity index (χ3n) is 5.85. The van der Waals surface area contributed by atoms with Crippen LogP contribution < -0.4 is 16.6 Å². The molecule has 2 saturated heterocycles. The molecule has 1 aromatic carbocycles. The molecule has 3 heterocycles. The summed E-state index contributed by atoms with van der Waals surface area (Å²) in [5.41, 5.74) is 0.184. The van der Waals surface area contributed by atoms with Crippen molar-refractivity contribution in [2.45, 2.75) is 26.3 Å². The first-order chi connectivity index (χ1) is 12.6. The van der Waals surface area contributed by atoms with E-state index in [1.807, 2.05) is 4.90 Å². The summed E-state index contributed by atoms with van der Waals surface area (Å²) in [6.07, 6.45) is 2.05. The van der Waals surface area contributed by atoms with Crippen LogP contribution in [0.25, 0.3) is 10.9 Å². The van der Waals surface area contributed by atoms with Crippen LogP contribution in [-0.2, 0) is 6.54 Å². The van der Waals surface area contributed by atoms with Crippen LogP contribution in [0.2, 0.25) is 0 Å². The lowest BCUT2D eigenvalue weighted by Crippen LogP contribution is -2.35. The Bertz CT molecular complexity index is 954. The van der Waals surface area contributed by atoms with Crippen molar-refractivity contribution >= 4 is 29.2 Å². The molecule has 146 valence electrons. The van der Waals surface area contributed by atoms with Crippen LogP contribution in [0.1, 0.15) is 30.1 Å². The fourth-order valence-corrected chi connectivity index (χ4v) is 4.28. The van der Waals surface area contributed by atoms with E-state index in [9.17, 15) is 14.4 Å². The Labute approximate surface area is 163 Å². The highest BCUT2D eigenvalue weighted by Crippen LogP contribution is 2.27. The number of benzene rings is 1. The van der Waals surface area contributed by atoms with Crippen LogP contribution in [0.5, 0.6) is 0 Å². The van der Waals surface area contributed by atoms with Crippen molar-refractivity contribution in [2.24, 2.45) is 11.8 Å². The number of hydrogen-bond acceptors (Lipinski definition) is 4. The molecule has 2 fully saturated rings. The van der Waals surface area contributed by atoms with Crippen molar-refractivity contribution in [3.63, 3.8) is 0 Å². The van der Waals surface area contributed by atoms with Gasteiger partial charge in [0.2, 0.25) is 0 Å². The molecule has 0 unspecified atom stereocenters. The van der Waals surface area contributed by atoms with Crippen LogP contribution >= 0.6 is 12.4 Å². The molecule has 2 aromatic rings. The molecule has 4 rings (SSSR count). The van der Waals surface area contributed by atoms with E-state index < -0.39 is 5.69 Å². The van der Waals surface area contributed by atoms with E-state index in [4.69, 9.17) is 0 Å². The SMILES string of the molecule is CCn1c(=O)[nH]c2cc(C(=O)N3CC[C@@H]4CNC[C@@H]4CC3)ccc2c1=O.Cl. The first-order valence-corrected chi connectivity index (χ1v) is 9.35. The molecule has 0 bridgehead atoms. The Kier molecular flexibility index (Phi) is 5.72. The predicted molar refractivity (Wildman–Crippen MR) is 107 cm³/mol. The molecule has 0 saturated carbocycles. The van der Waals surface area contributed by atoms with Gasteiger partial charge in [-0.3, -0.25) is 14.2 Å². The molecule has 2 aliphatic heterocycles. The van der Waals surface area contributed by atoms with Crippen molar-refractivity contribution in [1.82, 2.24) is 19.8 Å². The lowest BCUT2D eigenvalue weighted by atomic mass is 9.92. The molecular formula is C19H25ClN4O3. The number of amides is 1. The van der Waals surface area contributed by atoms with Gasteiger partial charge in [0.15, 0.2) is 0 Å². The van der Waals surface area contributed by atoms with Crippen LogP contribution in [-0.4, -0.2) is 46.5 Å². The zero-order valence-corrected chi connectivity index (χ0v) is 16.2. The molecule has 0 spiro atoms. The molecule has 1 aromatic heterocycles. The van der Waals surface area contributed by atoms with E-state index in [1.54, 1.807) is 25.1 Å². The number of nitrogens with zero attached hydrogens (tertiary/aromatic N) is 2. The Morgan fingerprint density at radius 2 is 1.81 bits per heavy atom. The molecule has 2 aliphatic rings. The van der Waals surface area contributed by atoms with Gasteiger partial charge in [-0.1, -0.05) is 0 Å². The highest BCUT2D eigenvalue weighted by Gasteiger charge is 2.31. The molecule has 0 aliphatic carbocycles. The maximum Gasteiger partial charge on any atom is 0.328 e. The lowest BCUT2D eigenvalue weighted by molar-refractivity contribution is 0.0758. The second-order valence-corrected chi connectivity index (χ2v) is 7.29. The first-order valence-electron chi connectivity index (χ1n) is 9.35. The molecule has 2 N–H and O–H groups in total. The van der Waals surface area contributed by atoms with Gasteiger partial charge >= 0.3 is 5.69 Å². The molecule has 27 heavy (non-hydrogen) atoms. The van der Waals surface area contributed by atoms with Crippen molar-refractivity contribution in [3.8, 4) is 0 Å². The number of aromatic amines is 1. The summed E-state index contributed by atoms with van der Waals surface area (Å²) >= 11 is 0. The quantitative estimate of drug-likeness (QED) is 0.804. The van der Waals surface area contributed by atoms with Crippen molar-refractivity contribution in [3.05, 3.63) is 44.6 Å². The van der Waals surface area contributed by atoms with Crippen molar-refractivity contribution in [1.29, 1.82) is 0 Å². The maximum absolute atomic E-state index is 12.9. The Morgan fingerprint density at radius 1 is 1.15 bits per heavy atom. The summed E-state index contributed by atoms with van der Waals surface area (Å²) < 4.78 is 1.16. The lowest BCUT2D eigenvalue weighted by Gasteiger charge is -2.21. The van der Waals surface area contributed by atoms with E-state index >= 15 is 0 Å². The fraction of sp³-hybridized carbons (Fsp3) is 0.526. The van der Waals surface area contributed by atoms with E-state index in [0.717, 1.165) is 43.6 Å². The van der Waals surface area contributed by atoms with Gasteiger partial charge in [0.25, 0.3) is 11.5 Å². The zero-order valence-electron chi connectivity index (χ0n) is 15.4. The largest absolute Gasteiger partial charge is 0.339 e. The third kappa shape index (κ3) is 3.53. The third-order valence-corrected chi connectivity index (χ3v) is 5.85. The normalized spacial score (nSPS) is 22.2. The first kappa shape index (κ1) is 19.6. The van der Waals surface area contributed by atoms with Gasteiger partial charge in [-0.05, 0) is 62.9 Å². The number of fused-ring (bicyclic) bond motifs is 2. The number of carbonyl (C=O) groups excluding carboxylic acids is 1. The average molecular weight is 393 g/mol. The van der Waals surface area contributed by atoms with Gasteiger partial charge in [0.1, 0.15) is 0 Å². The minimum Gasteiger partial charge on any atom is -0.339 e. The minimum absolute atomic E-state index is 0. The second-order valence-electron chi connectivity index (χ2n) is 7.29. The molecule has 7 nitrogen and oxygen atoms in total. The van der Waals surface area contributed by atoms with Gasteiger partial charge in [-0.2, -0.15) is 0 Å². The summed E-state index contributed by atoms with van der Waals surface area (Å²) in [5, 5.41) is 3.87. The van der Waals surface area contributed by atoms with Crippen LogP contribution in [0.4, 0.5) is 0 Å². The number of rotatable bonds is 2. The van der Waals surface area contributed by atoms with E-state index in [2.05, 4.69) is 10.3 Å². The summed E-state index contributed by atoms with van der Waals surface area (Å²) in [6, 6.07) is 4.97. The molecule has 8 heteroatoms. The van der Waals surface area contributed by atoms with Crippen LogP contribution in [0.3, 0.4) is 0 Å². The van der Waals surface area contributed by atoms with Crippen molar-refractivity contribution in [2.75, 3.05) is 26.2 Å². The maximum atomic E-state index is 12.9. The molecular weight excluding hydrogens is 368 g/mol. The van der Waals surface area contributed by atoms with Crippen LogP contribution in [0.15, 0.2) is 27.8 Å². The number of carbonyl (C=O) groups is 1. The fourth-order valence-electron chi connectivity index (χ4n) is 4.28. The van der Waals surface area contributed by atoms with E-state index in [0.29, 0.717) is 34.8 Å². The molecule has 1 amide bonds. The van der Waals surface area contributed by atoms with Gasteiger partial charge < -0.3 is 15.2 Å². The number of likely N-dealkylation sites (tertiary alicyclic amines) is 1. The predicted octanol–water partition coefficient (Wildman–Crippen LogP) is 1.20.